The molecule has 1 saturated heterocycles. The van der Waals surface area contributed by atoms with Crippen molar-refractivity contribution >= 4 is 32.4 Å². The topological polar surface area (TPSA) is 66.5 Å². The molecule has 2 aromatic carbocycles. The van der Waals surface area contributed by atoms with E-state index in [9.17, 15) is 13.2 Å². The largest absolute Gasteiger partial charge is 0.326 e. The molecule has 3 rings (SSSR count). The van der Waals surface area contributed by atoms with Gasteiger partial charge in [-0.2, -0.15) is 0 Å². The number of carbonyl (C=O) groups is 1. The van der Waals surface area contributed by atoms with Crippen molar-refractivity contribution in [3.05, 3.63) is 42.5 Å². The summed E-state index contributed by atoms with van der Waals surface area (Å²) in [5.74, 6) is 0.0438. The number of nitrogens with zero attached hydrogens (tertiary/aromatic N) is 1. The second-order valence-electron chi connectivity index (χ2n) is 6.89. The Morgan fingerprint density at radius 1 is 1.12 bits per heavy atom. The standard InChI is InChI=1S/C20H26N2O3S/c1-2-3-14-26(24,25)22-12-10-17(11-13-22)20(23)21-19-9-8-16-6-4-5-7-18(16)15-19/h4-9,15,17H,2-3,10-14H2,1H3,(H,21,23). The zero-order chi connectivity index (χ0) is 18.6. The van der Waals surface area contributed by atoms with E-state index in [1.165, 1.54) is 0 Å². The van der Waals surface area contributed by atoms with Gasteiger partial charge in [-0.05, 0) is 42.2 Å². The zero-order valence-corrected chi connectivity index (χ0v) is 16.0. The number of nitrogens with one attached hydrogen (secondary N) is 1. The molecule has 26 heavy (non-hydrogen) atoms. The van der Waals surface area contributed by atoms with Crippen LogP contribution in [0.3, 0.4) is 0 Å². The molecule has 0 atom stereocenters. The molecule has 1 aliphatic heterocycles. The molecule has 1 aliphatic rings. The van der Waals surface area contributed by atoms with Crippen molar-refractivity contribution in [3.8, 4) is 0 Å². The SMILES string of the molecule is CCCCS(=O)(=O)N1CCC(C(=O)Nc2ccc3ccccc3c2)CC1. The fraction of sp³-hybridized carbons (Fsp3) is 0.450. The maximum atomic E-state index is 12.6. The van der Waals surface area contributed by atoms with E-state index in [0.717, 1.165) is 22.9 Å². The third kappa shape index (κ3) is 4.43. The van der Waals surface area contributed by atoms with Gasteiger partial charge in [0, 0.05) is 24.7 Å². The highest BCUT2D eigenvalue weighted by molar-refractivity contribution is 7.89. The molecular formula is C20H26N2O3S. The van der Waals surface area contributed by atoms with Crippen LogP contribution in [-0.2, 0) is 14.8 Å². The van der Waals surface area contributed by atoms with E-state index in [4.69, 9.17) is 0 Å². The lowest BCUT2D eigenvalue weighted by Gasteiger charge is -2.30. The number of rotatable bonds is 6. The summed E-state index contributed by atoms with van der Waals surface area (Å²) in [5, 5.41) is 5.21. The lowest BCUT2D eigenvalue weighted by molar-refractivity contribution is -0.120. The maximum absolute atomic E-state index is 12.6. The highest BCUT2D eigenvalue weighted by atomic mass is 32.2. The van der Waals surface area contributed by atoms with Gasteiger partial charge in [0.25, 0.3) is 0 Å². The monoisotopic (exact) mass is 374 g/mol. The number of fused-ring (bicyclic) bond motifs is 1. The quantitative estimate of drug-likeness (QED) is 0.840. The summed E-state index contributed by atoms with van der Waals surface area (Å²) < 4.78 is 26.1. The normalized spacial score (nSPS) is 16.7. The van der Waals surface area contributed by atoms with Crippen molar-refractivity contribution in [1.29, 1.82) is 0 Å². The van der Waals surface area contributed by atoms with E-state index in [0.29, 0.717) is 32.4 Å². The van der Waals surface area contributed by atoms with Gasteiger partial charge in [0.05, 0.1) is 5.75 Å². The van der Waals surface area contributed by atoms with Crippen molar-refractivity contribution in [1.82, 2.24) is 4.31 Å². The first kappa shape index (κ1) is 18.9. The number of anilines is 1. The Bertz CT molecular complexity index is 872. The van der Waals surface area contributed by atoms with Gasteiger partial charge in [-0.15, -0.1) is 0 Å². The molecule has 0 unspecified atom stereocenters. The molecular weight excluding hydrogens is 348 g/mol. The van der Waals surface area contributed by atoms with Crippen LogP contribution in [-0.4, -0.2) is 37.5 Å². The number of hydrogen-bond acceptors (Lipinski definition) is 3. The summed E-state index contributed by atoms with van der Waals surface area (Å²) in [4.78, 5) is 12.6. The first-order chi connectivity index (χ1) is 12.5. The molecule has 140 valence electrons. The number of sulfonamides is 1. The second kappa shape index (κ2) is 8.18. The van der Waals surface area contributed by atoms with Gasteiger partial charge in [-0.3, -0.25) is 4.79 Å². The zero-order valence-electron chi connectivity index (χ0n) is 15.1. The fourth-order valence-electron chi connectivity index (χ4n) is 3.36. The van der Waals surface area contributed by atoms with Crippen LogP contribution in [0.2, 0.25) is 0 Å². The predicted octanol–water partition coefficient (Wildman–Crippen LogP) is 3.62. The van der Waals surface area contributed by atoms with E-state index in [1.54, 1.807) is 4.31 Å². The molecule has 0 radical (unpaired) electrons. The van der Waals surface area contributed by atoms with Gasteiger partial charge in [0.2, 0.25) is 15.9 Å². The minimum absolute atomic E-state index is 0.0223. The first-order valence-corrected chi connectivity index (χ1v) is 10.9. The summed E-state index contributed by atoms with van der Waals surface area (Å²) in [6.07, 6.45) is 2.70. The molecule has 0 saturated carbocycles. The number of carbonyl (C=O) groups excluding carboxylic acids is 1. The number of piperidine rings is 1. The minimum Gasteiger partial charge on any atom is -0.326 e. The van der Waals surface area contributed by atoms with Crippen LogP contribution in [0.4, 0.5) is 5.69 Å². The van der Waals surface area contributed by atoms with E-state index >= 15 is 0 Å². The van der Waals surface area contributed by atoms with Crippen molar-refractivity contribution in [2.75, 3.05) is 24.2 Å². The van der Waals surface area contributed by atoms with Crippen LogP contribution >= 0.6 is 0 Å². The van der Waals surface area contributed by atoms with Gasteiger partial charge in [-0.25, -0.2) is 12.7 Å². The summed E-state index contributed by atoms with van der Waals surface area (Å²) in [5.41, 5.74) is 0.784. The molecule has 5 nitrogen and oxygen atoms in total. The Hall–Kier alpha value is -1.92. The Morgan fingerprint density at radius 2 is 1.81 bits per heavy atom. The van der Waals surface area contributed by atoms with Crippen molar-refractivity contribution in [2.24, 2.45) is 5.92 Å². The van der Waals surface area contributed by atoms with Crippen LogP contribution < -0.4 is 5.32 Å². The highest BCUT2D eigenvalue weighted by Crippen LogP contribution is 2.24. The minimum atomic E-state index is -3.18. The molecule has 1 N–H and O–H groups in total. The van der Waals surface area contributed by atoms with Crippen molar-refractivity contribution in [3.63, 3.8) is 0 Å². The Balaban J connectivity index is 1.58. The molecule has 1 amide bonds. The molecule has 0 aromatic heterocycles. The fourth-order valence-corrected chi connectivity index (χ4v) is 5.04. The van der Waals surface area contributed by atoms with Crippen molar-refractivity contribution in [2.45, 2.75) is 32.6 Å². The first-order valence-electron chi connectivity index (χ1n) is 9.27. The summed E-state index contributed by atoms with van der Waals surface area (Å²) >= 11 is 0. The van der Waals surface area contributed by atoms with Crippen molar-refractivity contribution < 1.29 is 13.2 Å². The summed E-state index contributed by atoms with van der Waals surface area (Å²) in [7, 11) is -3.18. The van der Waals surface area contributed by atoms with Gasteiger partial charge in [0.15, 0.2) is 0 Å². The van der Waals surface area contributed by atoms with Crippen LogP contribution in [0.1, 0.15) is 32.6 Å². The number of benzene rings is 2. The Kier molecular flexibility index (Phi) is 5.94. The molecule has 0 aliphatic carbocycles. The molecule has 1 heterocycles. The van der Waals surface area contributed by atoms with Gasteiger partial charge in [0.1, 0.15) is 0 Å². The van der Waals surface area contributed by atoms with E-state index < -0.39 is 10.0 Å². The predicted molar refractivity (Wildman–Crippen MR) is 106 cm³/mol. The Labute approximate surface area is 155 Å². The molecule has 0 bridgehead atoms. The van der Waals surface area contributed by atoms with Crippen LogP contribution in [0.15, 0.2) is 42.5 Å². The van der Waals surface area contributed by atoms with E-state index in [2.05, 4.69) is 5.32 Å². The second-order valence-corrected chi connectivity index (χ2v) is 8.98. The highest BCUT2D eigenvalue weighted by Gasteiger charge is 2.30. The summed E-state index contributed by atoms with van der Waals surface area (Å²) in [6.45, 7) is 2.85. The van der Waals surface area contributed by atoms with E-state index in [1.807, 2.05) is 49.4 Å². The van der Waals surface area contributed by atoms with Crippen LogP contribution in [0.5, 0.6) is 0 Å². The molecule has 1 fully saturated rings. The lowest BCUT2D eigenvalue weighted by Crippen LogP contribution is -2.42. The van der Waals surface area contributed by atoms with Gasteiger partial charge >= 0.3 is 0 Å². The van der Waals surface area contributed by atoms with E-state index in [-0.39, 0.29) is 17.6 Å². The number of unbranched alkanes of at least 4 members (excludes halogenated alkanes) is 1. The van der Waals surface area contributed by atoms with Gasteiger partial charge in [-0.1, -0.05) is 43.7 Å². The van der Waals surface area contributed by atoms with Crippen LogP contribution in [0, 0.1) is 5.92 Å². The number of hydrogen-bond donors (Lipinski definition) is 1. The molecule has 6 heteroatoms. The molecule has 0 spiro atoms. The smallest absolute Gasteiger partial charge is 0.227 e. The lowest BCUT2D eigenvalue weighted by atomic mass is 9.97. The number of amides is 1. The average Bonchev–Trinajstić information content (AvgIpc) is 2.66. The van der Waals surface area contributed by atoms with Gasteiger partial charge < -0.3 is 5.32 Å². The maximum Gasteiger partial charge on any atom is 0.227 e. The summed E-state index contributed by atoms with van der Waals surface area (Å²) in [6, 6.07) is 13.9. The molecule has 2 aromatic rings. The average molecular weight is 375 g/mol. The third-order valence-corrected chi connectivity index (χ3v) is 6.95. The third-order valence-electron chi connectivity index (χ3n) is 4.99. The Morgan fingerprint density at radius 3 is 2.50 bits per heavy atom. The van der Waals surface area contributed by atoms with Crippen LogP contribution in [0.25, 0.3) is 10.8 Å².